The van der Waals surface area contributed by atoms with Crippen molar-refractivity contribution in [3.8, 4) is 11.1 Å². The molecule has 0 saturated heterocycles. The minimum Gasteiger partial charge on any atom is -0.363 e. The fourth-order valence-electron chi connectivity index (χ4n) is 1.67. The van der Waals surface area contributed by atoms with Gasteiger partial charge in [-0.1, -0.05) is 12.1 Å². The molecule has 1 aromatic heterocycles. The van der Waals surface area contributed by atoms with Crippen LogP contribution >= 0.6 is 0 Å². The summed E-state index contributed by atoms with van der Waals surface area (Å²) in [6.45, 7) is 0. The first-order chi connectivity index (χ1) is 8.88. The SMILES string of the molecule is CN(C)c1ccc(-c2ccc(C(F)(F)F)cc2)cn1. The van der Waals surface area contributed by atoms with Gasteiger partial charge in [0.15, 0.2) is 0 Å². The summed E-state index contributed by atoms with van der Waals surface area (Å²) in [5, 5.41) is 0. The molecule has 19 heavy (non-hydrogen) atoms. The first-order valence-corrected chi connectivity index (χ1v) is 5.69. The van der Waals surface area contributed by atoms with E-state index < -0.39 is 11.7 Å². The minimum atomic E-state index is -4.30. The lowest BCUT2D eigenvalue weighted by atomic mass is 10.1. The maximum Gasteiger partial charge on any atom is 0.416 e. The Kier molecular flexibility index (Phi) is 3.46. The zero-order valence-corrected chi connectivity index (χ0v) is 10.6. The molecule has 1 aromatic carbocycles. The molecular formula is C14H13F3N2. The lowest BCUT2D eigenvalue weighted by Gasteiger charge is -2.11. The van der Waals surface area contributed by atoms with Crippen LogP contribution < -0.4 is 4.90 Å². The second-order valence-corrected chi connectivity index (χ2v) is 4.37. The molecule has 0 saturated carbocycles. The molecule has 0 atom stereocenters. The van der Waals surface area contributed by atoms with Gasteiger partial charge < -0.3 is 4.90 Å². The van der Waals surface area contributed by atoms with E-state index >= 15 is 0 Å². The Morgan fingerprint density at radius 3 is 1.89 bits per heavy atom. The monoisotopic (exact) mass is 266 g/mol. The first-order valence-electron chi connectivity index (χ1n) is 5.69. The largest absolute Gasteiger partial charge is 0.416 e. The number of nitrogens with zero attached hydrogens (tertiary/aromatic N) is 2. The number of pyridine rings is 1. The predicted octanol–water partition coefficient (Wildman–Crippen LogP) is 3.83. The van der Waals surface area contributed by atoms with E-state index in [0.29, 0.717) is 5.56 Å². The number of halogens is 3. The van der Waals surface area contributed by atoms with Crippen LogP contribution in [-0.4, -0.2) is 19.1 Å². The summed E-state index contributed by atoms with van der Waals surface area (Å²) in [6.07, 6.45) is -2.65. The Morgan fingerprint density at radius 2 is 1.47 bits per heavy atom. The van der Waals surface area contributed by atoms with E-state index in [1.54, 1.807) is 6.20 Å². The van der Waals surface area contributed by atoms with E-state index in [-0.39, 0.29) is 0 Å². The topological polar surface area (TPSA) is 16.1 Å². The van der Waals surface area contributed by atoms with Gasteiger partial charge in [0.1, 0.15) is 5.82 Å². The van der Waals surface area contributed by atoms with Crippen molar-refractivity contribution in [2.24, 2.45) is 0 Å². The van der Waals surface area contributed by atoms with Crippen molar-refractivity contribution in [3.63, 3.8) is 0 Å². The third kappa shape index (κ3) is 3.05. The van der Waals surface area contributed by atoms with Gasteiger partial charge in [0.2, 0.25) is 0 Å². The number of hydrogen-bond donors (Lipinski definition) is 0. The minimum absolute atomic E-state index is 0.644. The zero-order chi connectivity index (χ0) is 14.0. The summed E-state index contributed by atoms with van der Waals surface area (Å²) in [6, 6.07) is 8.73. The number of aromatic nitrogens is 1. The smallest absolute Gasteiger partial charge is 0.363 e. The van der Waals surface area contributed by atoms with E-state index in [4.69, 9.17) is 0 Å². The normalized spacial score (nSPS) is 11.4. The van der Waals surface area contributed by atoms with Crippen molar-refractivity contribution in [2.45, 2.75) is 6.18 Å². The molecule has 0 aliphatic rings. The standard InChI is InChI=1S/C14H13F3N2/c1-19(2)13-8-5-11(9-18-13)10-3-6-12(7-4-10)14(15,16)17/h3-9H,1-2H3. The fourth-order valence-corrected chi connectivity index (χ4v) is 1.67. The van der Waals surface area contributed by atoms with E-state index in [1.165, 1.54) is 12.1 Å². The molecular weight excluding hydrogens is 253 g/mol. The maximum absolute atomic E-state index is 12.4. The molecule has 0 unspecified atom stereocenters. The molecule has 0 amide bonds. The summed E-state index contributed by atoms with van der Waals surface area (Å²) in [4.78, 5) is 6.09. The Labute approximate surface area is 109 Å². The van der Waals surface area contributed by atoms with Crippen LogP contribution in [0.1, 0.15) is 5.56 Å². The molecule has 0 bridgehead atoms. The third-order valence-corrected chi connectivity index (χ3v) is 2.75. The fraction of sp³-hybridized carbons (Fsp3) is 0.214. The Bertz CT molecular complexity index is 542. The third-order valence-electron chi connectivity index (χ3n) is 2.75. The van der Waals surface area contributed by atoms with Crippen LogP contribution in [0.4, 0.5) is 19.0 Å². The van der Waals surface area contributed by atoms with Gasteiger partial charge in [-0.15, -0.1) is 0 Å². The molecule has 0 aliphatic carbocycles. The summed E-state index contributed by atoms with van der Waals surface area (Å²) in [7, 11) is 3.75. The first kappa shape index (κ1) is 13.4. The molecule has 0 fully saturated rings. The molecule has 1 heterocycles. The van der Waals surface area contributed by atoms with E-state index in [1.807, 2.05) is 31.1 Å². The van der Waals surface area contributed by atoms with Crippen molar-refractivity contribution >= 4 is 5.82 Å². The summed E-state index contributed by atoms with van der Waals surface area (Å²) in [5.74, 6) is 0.802. The van der Waals surface area contributed by atoms with E-state index in [9.17, 15) is 13.2 Å². The van der Waals surface area contributed by atoms with Crippen molar-refractivity contribution in [3.05, 3.63) is 48.2 Å². The van der Waals surface area contributed by atoms with Gasteiger partial charge in [-0.3, -0.25) is 0 Å². The average molecular weight is 266 g/mol. The van der Waals surface area contributed by atoms with Gasteiger partial charge in [0.25, 0.3) is 0 Å². The molecule has 5 heteroatoms. The molecule has 100 valence electrons. The highest BCUT2D eigenvalue weighted by Gasteiger charge is 2.29. The van der Waals surface area contributed by atoms with E-state index in [0.717, 1.165) is 23.5 Å². The van der Waals surface area contributed by atoms with Crippen molar-refractivity contribution in [1.29, 1.82) is 0 Å². The number of anilines is 1. The maximum atomic E-state index is 12.4. The highest BCUT2D eigenvalue weighted by molar-refractivity contribution is 5.64. The summed E-state index contributed by atoms with van der Waals surface area (Å²) < 4.78 is 37.3. The molecule has 2 rings (SSSR count). The number of benzene rings is 1. The highest BCUT2D eigenvalue weighted by Crippen LogP contribution is 2.30. The number of rotatable bonds is 2. The molecule has 0 N–H and O–H groups in total. The van der Waals surface area contributed by atoms with Crippen LogP contribution in [0.15, 0.2) is 42.6 Å². The van der Waals surface area contributed by atoms with E-state index in [2.05, 4.69) is 4.98 Å². The summed E-state index contributed by atoms with van der Waals surface area (Å²) in [5.41, 5.74) is 0.860. The Morgan fingerprint density at radius 1 is 0.895 bits per heavy atom. The summed E-state index contributed by atoms with van der Waals surface area (Å²) >= 11 is 0. The molecule has 2 nitrogen and oxygen atoms in total. The van der Waals surface area contributed by atoms with Crippen molar-refractivity contribution in [1.82, 2.24) is 4.98 Å². The number of hydrogen-bond acceptors (Lipinski definition) is 2. The second kappa shape index (κ2) is 4.91. The lowest BCUT2D eigenvalue weighted by molar-refractivity contribution is -0.137. The Hall–Kier alpha value is -2.04. The van der Waals surface area contributed by atoms with Gasteiger partial charge in [-0.2, -0.15) is 13.2 Å². The molecule has 2 aromatic rings. The zero-order valence-electron chi connectivity index (χ0n) is 10.6. The van der Waals surface area contributed by atoms with Gasteiger partial charge >= 0.3 is 6.18 Å². The van der Waals surface area contributed by atoms with Gasteiger partial charge in [0.05, 0.1) is 5.56 Å². The van der Waals surface area contributed by atoms with Gasteiger partial charge in [0, 0.05) is 25.9 Å². The second-order valence-electron chi connectivity index (χ2n) is 4.37. The average Bonchev–Trinajstić information content (AvgIpc) is 2.38. The molecule has 0 radical (unpaired) electrons. The molecule has 0 spiro atoms. The van der Waals surface area contributed by atoms with Crippen molar-refractivity contribution in [2.75, 3.05) is 19.0 Å². The lowest BCUT2D eigenvalue weighted by Crippen LogP contribution is -2.10. The predicted molar refractivity (Wildman–Crippen MR) is 69.0 cm³/mol. The Balaban J connectivity index is 2.27. The van der Waals surface area contributed by atoms with Crippen LogP contribution in [0.5, 0.6) is 0 Å². The molecule has 0 aliphatic heterocycles. The van der Waals surface area contributed by atoms with Crippen LogP contribution in [-0.2, 0) is 6.18 Å². The van der Waals surface area contributed by atoms with Crippen LogP contribution in [0.3, 0.4) is 0 Å². The highest BCUT2D eigenvalue weighted by atomic mass is 19.4. The van der Waals surface area contributed by atoms with Crippen molar-refractivity contribution < 1.29 is 13.2 Å². The number of alkyl halides is 3. The van der Waals surface area contributed by atoms with Crippen LogP contribution in [0, 0.1) is 0 Å². The quantitative estimate of drug-likeness (QED) is 0.821. The van der Waals surface area contributed by atoms with Crippen LogP contribution in [0.2, 0.25) is 0 Å². The van der Waals surface area contributed by atoms with Gasteiger partial charge in [-0.05, 0) is 29.8 Å². The van der Waals surface area contributed by atoms with Crippen LogP contribution in [0.25, 0.3) is 11.1 Å². The van der Waals surface area contributed by atoms with Gasteiger partial charge in [-0.25, -0.2) is 4.98 Å².